The van der Waals surface area contributed by atoms with Crippen molar-refractivity contribution in [3.63, 3.8) is 0 Å². The summed E-state index contributed by atoms with van der Waals surface area (Å²) in [4.78, 5) is 12.0. The van der Waals surface area contributed by atoms with Crippen LogP contribution in [0, 0.1) is 6.92 Å². The van der Waals surface area contributed by atoms with E-state index in [0.29, 0.717) is 5.57 Å². The first-order chi connectivity index (χ1) is 9.87. The quantitative estimate of drug-likeness (QED) is 0.797. The second-order valence-corrected chi connectivity index (χ2v) is 6.83. The predicted octanol–water partition coefficient (Wildman–Crippen LogP) is 1.88. The standard InChI is InChI=1S/C15H19NO4S/c1-4-20-15(17)14-9-10-16(12(14)3)21(18,19)13-7-5-11(2)6-8-13/h5-9,12H,4,10H2,1-3H3. The molecule has 1 aromatic rings. The molecule has 21 heavy (non-hydrogen) atoms. The first-order valence-corrected chi connectivity index (χ1v) is 8.27. The summed E-state index contributed by atoms with van der Waals surface area (Å²) < 4.78 is 31.5. The summed E-state index contributed by atoms with van der Waals surface area (Å²) in [6.07, 6.45) is 1.62. The van der Waals surface area contributed by atoms with E-state index in [1.54, 1.807) is 44.2 Å². The topological polar surface area (TPSA) is 63.7 Å². The van der Waals surface area contributed by atoms with Gasteiger partial charge in [-0.3, -0.25) is 0 Å². The average molecular weight is 309 g/mol. The lowest BCUT2D eigenvalue weighted by atomic mass is 10.2. The third-order valence-electron chi connectivity index (χ3n) is 3.51. The van der Waals surface area contributed by atoms with Crippen molar-refractivity contribution in [2.75, 3.05) is 13.2 Å². The van der Waals surface area contributed by atoms with E-state index in [9.17, 15) is 13.2 Å². The molecule has 0 amide bonds. The summed E-state index contributed by atoms with van der Waals surface area (Å²) in [5.74, 6) is -0.452. The Kier molecular flexibility index (Phi) is 4.49. The Morgan fingerprint density at radius 3 is 2.52 bits per heavy atom. The molecule has 1 unspecified atom stereocenters. The third kappa shape index (κ3) is 3.01. The predicted molar refractivity (Wildman–Crippen MR) is 79.2 cm³/mol. The Bertz CT molecular complexity index is 661. The molecule has 0 aromatic heterocycles. The van der Waals surface area contributed by atoms with Crippen molar-refractivity contribution < 1.29 is 17.9 Å². The van der Waals surface area contributed by atoms with Gasteiger partial charge in [-0.05, 0) is 32.9 Å². The van der Waals surface area contributed by atoms with Gasteiger partial charge in [0.15, 0.2) is 0 Å². The Labute approximate surface area is 125 Å². The summed E-state index contributed by atoms with van der Waals surface area (Å²) in [6.45, 7) is 5.77. The van der Waals surface area contributed by atoms with Gasteiger partial charge in [0.2, 0.25) is 10.0 Å². The highest BCUT2D eigenvalue weighted by Gasteiger charge is 2.37. The summed E-state index contributed by atoms with van der Waals surface area (Å²) in [5, 5.41) is 0. The average Bonchev–Trinajstić information content (AvgIpc) is 2.82. The Hall–Kier alpha value is -1.66. The number of carbonyl (C=O) groups excluding carboxylic acids is 1. The Morgan fingerprint density at radius 2 is 1.95 bits per heavy atom. The van der Waals surface area contributed by atoms with Gasteiger partial charge < -0.3 is 4.74 Å². The molecule has 1 heterocycles. The molecule has 0 fully saturated rings. The molecule has 1 atom stereocenters. The number of rotatable bonds is 4. The molecule has 0 spiro atoms. The number of carbonyl (C=O) groups is 1. The van der Waals surface area contributed by atoms with Crippen molar-refractivity contribution in [3.8, 4) is 0 Å². The molecule has 1 aromatic carbocycles. The Balaban J connectivity index is 2.24. The number of hydrogen-bond acceptors (Lipinski definition) is 4. The van der Waals surface area contributed by atoms with E-state index < -0.39 is 22.0 Å². The summed E-state index contributed by atoms with van der Waals surface area (Å²) in [7, 11) is -3.61. The van der Waals surface area contributed by atoms with Gasteiger partial charge in [-0.1, -0.05) is 23.8 Å². The molecular formula is C15H19NO4S. The van der Waals surface area contributed by atoms with Crippen LogP contribution in [0.15, 0.2) is 40.8 Å². The van der Waals surface area contributed by atoms with Crippen molar-refractivity contribution >= 4 is 16.0 Å². The van der Waals surface area contributed by atoms with Crippen molar-refractivity contribution in [3.05, 3.63) is 41.5 Å². The number of ether oxygens (including phenoxy) is 1. The first-order valence-electron chi connectivity index (χ1n) is 6.83. The SMILES string of the molecule is CCOC(=O)C1=CCN(S(=O)(=O)c2ccc(C)cc2)C1C. The molecule has 0 saturated heterocycles. The van der Waals surface area contributed by atoms with E-state index in [1.165, 1.54) is 4.31 Å². The van der Waals surface area contributed by atoms with Gasteiger partial charge in [0, 0.05) is 6.54 Å². The second kappa shape index (κ2) is 5.99. The van der Waals surface area contributed by atoms with Crippen LogP contribution >= 0.6 is 0 Å². The van der Waals surface area contributed by atoms with E-state index in [2.05, 4.69) is 0 Å². The fourth-order valence-corrected chi connectivity index (χ4v) is 3.84. The minimum Gasteiger partial charge on any atom is -0.463 e. The van der Waals surface area contributed by atoms with Crippen LogP contribution in [0.3, 0.4) is 0 Å². The highest BCUT2D eigenvalue weighted by molar-refractivity contribution is 7.89. The highest BCUT2D eigenvalue weighted by Crippen LogP contribution is 2.27. The highest BCUT2D eigenvalue weighted by atomic mass is 32.2. The lowest BCUT2D eigenvalue weighted by molar-refractivity contribution is -0.138. The largest absolute Gasteiger partial charge is 0.463 e. The summed E-state index contributed by atoms with van der Waals surface area (Å²) in [5.41, 5.74) is 1.39. The maximum atomic E-state index is 12.6. The van der Waals surface area contributed by atoms with Crippen molar-refractivity contribution in [1.29, 1.82) is 0 Å². The normalized spacial score (nSPS) is 19.4. The zero-order valence-corrected chi connectivity index (χ0v) is 13.2. The van der Waals surface area contributed by atoms with Gasteiger partial charge in [0.25, 0.3) is 0 Å². The third-order valence-corrected chi connectivity index (χ3v) is 5.46. The Morgan fingerprint density at radius 1 is 1.33 bits per heavy atom. The molecule has 0 radical (unpaired) electrons. The molecule has 0 N–H and O–H groups in total. The van der Waals surface area contributed by atoms with Crippen LogP contribution in [-0.4, -0.2) is 37.9 Å². The van der Waals surface area contributed by atoms with Crippen molar-refractivity contribution in [2.45, 2.75) is 31.7 Å². The van der Waals surface area contributed by atoms with Crippen LogP contribution in [0.4, 0.5) is 0 Å². The van der Waals surface area contributed by atoms with Crippen LogP contribution in [0.25, 0.3) is 0 Å². The fourth-order valence-electron chi connectivity index (χ4n) is 2.29. The van der Waals surface area contributed by atoms with Crippen LogP contribution in [0.1, 0.15) is 19.4 Å². The van der Waals surface area contributed by atoms with Gasteiger partial charge in [-0.15, -0.1) is 0 Å². The number of benzene rings is 1. The smallest absolute Gasteiger partial charge is 0.335 e. The molecule has 2 rings (SSSR count). The molecule has 0 aliphatic carbocycles. The van der Waals surface area contributed by atoms with Gasteiger partial charge in [-0.2, -0.15) is 4.31 Å². The van der Waals surface area contributed by atoms with E-state index in [-0.39, 0.29) is 18.0 Å². The van der Waals surface area contributed by atoms with E-state index in [1.807, 2.05) is 6.92 Å². The minimum absolute atomic E-state index is 0.186. The maximum absolute atomic E-state index is 12.6. The second-order valence-electron chi connectivity index (χ2n) is 4.94. The number of hydrogen-bond donors (Lipinski definition) is 0. The molecule has 1 aliphatic rings. The maximum Gasteiger partial charge on any atom is 0.335 e. The van der Waals surface area contributed by atoms with Gasteiger partial charge in [0.05, 0.1) is 23.1 Å². The van der Waals surface area contributed by atoms with E-state index >= 15 is 0 Å². The monoisotopic (exact) mass is 309 g/mol. The zero-order valence-electron chi connectivity index (χ0n) is 12.4. The summed E-state index contributed by atoms with van der Waals surface area (Å²) >= 11 is 0. The molecule has 114 valence electrons. The first kappa shape index (κ1) is 15.7. The fraction of sp³-hybridized carbons (Fsp3) is 0.400. The van der Waals surface area contributed by atoms with Crippen LogP contribution in [-0.2, 0) is 19.6 Å². The van der Waals surface area contributed by atoms with E-state index in [0.717, 1.165) is 5.56 Å². The van der Waals surface area contributed by atoms with Gasteiger partial charge in [0.1, 0.15) is 0 Å². The van der Waals surface area contributed by atoms with Gasteiger partial charge in [-0.25, -0.2) is 13.2 Å². The molecular weight excluding hydrogens is 290 g/mol. The number of nitrogens with zero attached hydrogens (tertiary/aromatic N) is 1. The van der Waals surface area contributed by atoms with Crippen molar-refractivity contribution in [2.24, 2.45) is 0 Å². The summed E-state index contributed by atoms with van der Waals surface area (Å²) in [6, 6.07) is 6.16. The van der Waals surface area contributed by atoms with Crippen molar-refractivity contribution in [1.82, 2.24) is 4.31 Å². The molecule has 5 nitrogen and oxygen atoms in total. The number of sulfonamides is 1. The minimum atomic E-state index is -3.61. The van der Waals surface area contributed by atoms with Crippen LogP contribution in [0.5, 0.6) is 0 Å². The molecule has 0 saturated carbocycles. The lowest BCUT2D eigenvalue weighted by Crippen LogP contribution is -2.37. The van der Waals surface area contributed by atoms with Crippen LogP contribution < -0.4 is 0 Å². The van der Waals surface area contributed by atoms with Gasteiger partial charge >= 0.3 is 5.97 Å². The van der Waals surface area contributed by atoms with Crippen LogP contribution in [0.2, 0.25) is 0 Å². The lowest BCUT2D eigenvalue weighted by Gasteiger charge is -2.22. The van der Waals surface area contributed by atoms with E-state index in [4.69, 9.17) is 4.74 Å². The number of aryl methyl sites for hydroxylation is 1. The molecule has 0 bridgehead atoms. The molecule has 6 heteroatoms. The number of esters is 1. The molecule has 1 aliphatic heterocycles. The zero-order chi connectivity index (χ0) is 15.6.